The van der Waals surface area contributed by atoms with Crippen molar-refractivity contribution in [2.75, 3.05) is 11.9 Å². The van der Waals surface area contributed by atoms with Gasteiger partial charge >= 0.3 is 0 Å². The summed E-state index contributed by atoms with van der Waals surface area (Å²) in [5, 5.41) is 2.54. The Morgan fingerprint density at radius 2 is 1.93 bits per heavy atom. The number of halogens is 1. The van der Waals surface area contributed by atoms with Gasteiger partial charge in [-0.05, 0) is 37.3 Å². The van der Waals surface area contributed by atoms with Gasteiger partial charge in [0.15, 0.2) is 0 Å². The highest BCUT2D eigenvalue weighted by molar-refractivity contribution is 7.89. The second-order valence-electron chi connectivity index (χ2n) is 6.41. The van der Waals surface area contributed by atoms with E-state index in [1.165, 1.54) is 6.07 Å². The molecule has 0 saturated carbocycles. The third-order valence-electron chi connectivity index (χ3n) is 4.09. The molecule has 0 radical (unpaired) electrons. The van der Waals surface area contributed by atoms with Gasteiger partial charge < -0.3 is 10.3 Å². The molecule has 30 heavy (non-hydrogen) atoms. The number of rotatable bonds is 6. The number of carbonyl (C=O) groups excluding carboxylic acids is 1. The molecule has 3 aromatic rings. The molecule has 3 N–H and O–H groups in total. The molecular weight excluding hydrogens is 411 g/mol. The molecule has 1 amide bonds. The van der Waals surface area contributed by atoms with Crippen LogP contribution in [0, 0.1) is 12.7 Å². The number of H-pyrrole nitrogens is 1. The second-order valence-corrected chi connectivity index (χ2v) is 8.18. The molecule has 2 aromatic carbocycles. The van der Waals surface area contributed by atoms with Crippen LogP contribution < -0.4 is 15.6 Å². The van der Waals surface area contributed by atoms with Crippen molar-refractivity contribution in [2.45, 2.75) is 18.7 Å². The first-order valence-corrected chi connectivity index (χ1v) is 10.5. The molecule has 1 heterocycles. The van der Waals surface area contributed by atoms with E-state index < -0.39 is 27.3 Å². The number of aromatic nitrogens is 2. The summed E-state index contributed by atoms with van der Waals surface area (Å²) in [5.74, 6) is -1.35. The number of sulfonamides is 1. The number of hydrogen-bond donors (Lipinski definition) is 3. The van der Waals surface area contributed by atoms with Crippen molar-refractivity contribution in [3.63, 3.8) is 0 Å². The van der Waals surface area contributed by atoms with E-state index >= 15 is 0 Å². The Hall–Kier alpha value is -3.37. The summed E-state index contributed by atoms with van der Waals surface area (Å²) in [5.41, 5.74) is 0.664. The summed E-state index contributed by atoms with van der Waals surface area (Å²) in [6.07, 6.45) is 0. The number of nitrogens with one attached hydrogen (secondary N) is 3. The topological polar surface area (TPSA) is 121 Å². The van der Waals surface area contributed by atoms with E-state index in [0.717, 1.165) is 18.2 Å². The minimum absolute atomic E-state index is 0.156. The molecule has 0 aliphatic heterocycles. The van der Waals surface area contributed by atoms with Gasteiger partial charge in [-0.2, -0.15) is 0 Å². The minimum Gasteiger partial charge on any atom is -0.322 e. The summed E-state index contributed by atoms with van der Waals surface area (Å²) in [6.45, 7) is 3.45. The van der Waals surface area contributed by atoms with Crippen LogP contribution >= 0.6 is 0 Å². The van der Waals surface area contributed by atoms with E-state index in [1.807, 2.05) is 0 Å². The van der Waals surface area contributed by atoms with Gasteiger partial charge in [-0.25, -0.2) is 22.5 Å². The summed E-state index contributed by atoms with van der Waals surface area (Å²) < 4.78 is 40.8. The second kappa shape index (κ2) is 8.56. The first-order valence-electron chi connectivity index (χ1n) is 8.98. The van der Waals surface area contributed by atoms with Crippen LogP contribution in [0.5, 0.6) is 0 Å². The molecule has 0 aliphatic carbocycles. The Labute approximate surface area is 172 Å². The number of amides is 1. The largest absolute Gasteiger partial charge is 0.322 e. The number of carbonyl (C=O) groups is 1. The highest BCUT2D eigenvalue weighted by atomic mass is 32.2. The molecule has 8 nitrogen and oxygen atoms in total. The molecule has 0 aliphatic rings. The molecule has 156 valence electrons. The molecule has 10 heteroatoms. The number of anilines is 1. The molecule has 0 unspecified atom stereocenters. The van der Waals surface area contributed by atoms with Gasteiger partial charge in [0.1, 0.15) is 11.6 Å². The van der Waals surface area contributed by atoms with Gasteiger partial charge in [-0.15, -0.1) is 0 Å². The maximum absolute atomic E-state index is 14.2. The van der Waals surface area contributed by atoms with E-state index in [0.29, 0.717) is 22.8 Å². The normalized spacial score (nSPS) is 11.3. The lowest BCUT2D eigenvalue weighted by atomic mass is 10.1. The lowest BCUT2D eigenvalue weighted by molar-refractivity contribution is 0.102. The highest BCUT2D eigenvalue weighted by Gasteiger charge is 2.19. The fourth-order valence-electron chi connectivity index (χ4n) is 2.78. The first-order chi connectivity index (χ1) is 14.2. The van der Waals surface area contributed by atoms with Crippen LogP contribution in [0.1, 0.15) is 23.0 Å². The average Bonchev–Trinajstić information content (AvgIpc) is 2.67. The maximum Gasteiger partial charge on any atom is 0.258 e. The van der Waals surface area contributed by atoms with Crippen molar-refractivity contribution in [1.82, 2.24) is 14.7 Å². The van der Waals surface area contributed by atoms with Crippen molar-refractivity contribution in [3.05, 3.63) is 76.0 Å². The first kappa shape index (κ1) is 21.3. The van der Waals surface area contributed by atoms with Crippen molar-refractivity contribution >= 4 is 21.6 Å². The van der Waals surface area contributed by atoms with Gasteiger partial charge in [0, 0.05) is 29.6 Å². The van der Waals surface area contributed by atoms with Gasteiger partial charge in [-0.3, -0.25) is 9.59 Å². The van der Waals surface area contributed by atoms with Crippen molar-refractivity contribution in [2.24, 2.45) is 0 Å². The quantitative estimate of drug-likeness (QED) is 0.555. The average molecular weight is 430 g/mol. The van der Waals surface area contributed by atoms with Gasteiger partial charge in [0.05, 0.1) is 10.5 Å². The van der Waals surface area contributed by atoms with Gasteiger partial charge in [0.25, 0.3) is 11.5 Å². The molecular formula is C20H19FN4O4S. The molecule has 0 atom stereocenters. The Bertz CT molecular complexity index is 1270. The standard InChI is InChI=1S/C20H19FN4O4S/c1-3-22-30(28,29)15-7-8-17(21)16(11-15)20(27)24-14-6-4-5-13(10-14)19-23-12(2)9-18(26)25-19/h4-11,22H,3H2,1-2H3,(H,24,27)(H,23,25,26). The predicted molar refractivity (Wildman–Crippen MR) is 110 cm³/mol. The maximum atomic E-state index is 14.2. The van der Waals surface area contributed by atoms with Crippen molar-refractivity contribution < 1.29 is 17.6 Å². The monoisotopic (exact) mass is 430 g/mol. The van der Waals surface area contributed by atoms with Crippen LogP contribution in [-0.4, -0.2) is 30.8 Å². The summed E-state index contributed by atoms with van der Waals surface area (Å²) in [4.78, 5) is 30.9. The SMILES string of the molecule is CCNS(=O)(=O)c1ccc(F)c(C(=O)Nc2cccc(-c3nc(C)cc(=O)[nH]3)c2)c1. The third-order valence-corrected chi connectivity index (χ3v) is 5.63. The number of aromatic amines is 1. The molecule has 0 spiro atoms. The van der Waals surface area contributed by atoms with Gasteiger partial charge in [-0.1, -0.05) is 19.1 Å². The van der Waals surface area contributed by atoms with Crippen LogP contribution in [0.3, 0.4) is 0 Å². The van der Waals surface area contributed by atoms with Crippen molar-refractivity contribution in [1.29, 1.82) is 0 Å². The summed E-state index contributed by atoms with van der Waals surface area (Å²) >= 11 is 0. The lowest BCUT2D eigenvalue weighted by Gasteiger charge is -2.10. The van der Waals surface area contributed by atoms with Crippen molar-refractivity contribution in [3.8, 4) is 11.4 Å². The zero-order valence-corrected chi connectivity index (χ0v) is 17.0. The molecule has 3 rings (SSSR count). The molecule has 1 aromatic heterocycles. The van der Waals surface area contributed by atoms with Crippen LogP contribution in [0.15, 0.2) is 58.2 Å². The predicted octanol–water partition coefficient (Wildman–Crippen LogP) is 2.43. The van der Waals surface area contributed by atoms with Crippen LogP contribution in [0.25, 0.3) is 11.4 Å². The molecule has 0 saturated heterocycles. The fraction of sp³-hybridized carbons (Fsp3) is 0.150. The summed E-state index contributed by atoms with van der Waals surface area (Å²) in [6, 6.07) is 10.8. The zero-order chi connectivity index (χ0) is 21.9. The lowest BCUT2D eigenvalue weighted by Crippen LogP contribution is -2.24. The Balaban J connectivity index is 1.91. The van der Waals surface area contributed by atoms with Crippen LogP contribution in [0.2, 0.25) is 0 Å². The van der Waals surface area contributed by atoms with Crippen LogP contribution in [0.4, 0.5) is 10.1 Å². The minimum atomic E-state index is -3.85. The number of aryl methyl sites for hydroxylation is 1. The zero-order valence-electron chi connectivity index (χ0n) is 16.2. The van der Waals surface area contributed by atoms with E-state index in [4.69, 9.17) is 0 Å². The summed E-state index contributed by atoms with van der Waals surface area (Å²) in [7, 11) is -3.85. The highest BCUT2D eigenvalue weighted by Crippen LogP contribution is 2.21. The molecule has 0 fully saturated rings. The van der Waals surface area contributed by atoms with E-state index in [1.54, 1.807) is 38.1 Å². The Kier molecular flexibility index (Phi) is 6.09. The Morgan fingerprint density at radius 3 is 2.63 bits per heavy atom. The molecule has 0 bridgehead atoms. The fourth-order valence-corrected chi connectivity index (χ4v) is 3.84. The number of benzene rings is 2. The van der Waals surface area contributed by atoms with Gasteiger partial charge in [0.2, 0.25) is 10.0 Å². The van der Waals surface area contributed by atoms with E-state index in [9.17, 15) is 22.4 Å². The third kappa shape index (κ3) is 4.78. The van der Waals surface area contributed by atoms with Crippen LogP contribution in [-0.2, 0) is 10.0 Å². The smallest absolute Gasteiger partial charge is 0.258 e. The Morgan fingerprint density at radius 1 is 1.17 bits per heavy atom. The number of nitrogens with zero attached hydrogens (tertiary/aromatic N) is 1. The van der Waals surface area contributed by atoms with E-state index in [-0.39, 0.29) is 17.0 Å². The number of hydrogen-bond acceptors (Lipinski definition) is 5. The van der Waals surface area contributed by atoms with E-state index in [2.05, 4.69) is 20.0 Å².